The smallest absolute Gasteiger partial charge is 0.338 e. The van der Waals surface area contributed by atoms with Crippen LogP contribution in [0.2, 0.25) is 0 Å². The Morgan fingerprint density at radius 3 is 2.89 bits per heavy atom. The van der Waals surface area contributed by atoms with E-state index in [9.17, 15) is 9.90 Å². The van der Waals surface area contributed by atoms with Crippen LogP contribution in [0.5, 0.6) is 0 Å². The van der Waals surface area contributed by atoms with Gasteiger partial charge in [-0.05, 0) is 37.1 Å². The molecule has 0 spiro atoms. The van der Waals surface area contributed by atoms with E-state index in [2.05, 4.69) is 11.8 Å². The second-order valence-electron chi connectivity index (χ2n) is 4.85. The first-order valence-corrected chi connectivity index (χ1v) is 7.51. The number of aromatic carboxylic acids is 1. The average Bonchev–Trinajstić information content (AvgIpc) is 2.37. The number of hydrogen-bond acceptors (Lipinski definition) is 3. The molecule has 0 bridgehead atoms. The topological polar surface area (TPSA) is 40.5 Å². The van der Waals surface area contributed by atoms with E-state index in [0.717, 1.165) is 30.1 Å². The quantitative estimate of drug-likeness (QED) is 0.851. The molecular weight excluding hydrogens is 246 g/mol. The molecule has 1 fully saturated rings. The molecule has 0 amide bonds. The summed E-state index contributed by atoms with van der Waals surface area (Å²) in [5, 5.41) is 9.43. The Morgan fingerprint density at radius 1 is 1.50 bits per heavy atom. The van der Waals surface area contributed by atoms with Crippen LogP contribution in [0.1, 0.15) is 30.1 Å². The van der Waals surface area contributed by atoms with Crippen molar-refractivity contribution in [1.29, 1.82) is 0 Å². The maximum Gasteiger partial charge on any atom is 0.338 e. The van der Waals surface area contributed by atoms with E-state index >= 15 is 0 Å². The summed E-state index contributed by atoms with van der Waals surface area (Å²) in [6.07, 6.45) is 4.30. The number of thioether (sulfide) groups is 1. The molecule has 3 nitrogen and oxygen atoms in total. The standard InChI is InChI=1S/C14H19NO2S/c1-10-5-4-8-15(9-10)11-6-3-7-12(18-2)13(11)14(16)17/h3,6-7,10H,4-5,8-9H2,1-2H3,(H,16,17). The van der Waals surface area contributed by atoms with E-state index in [1.54, 1.807) is 0 Å². The summed E-state index contributed by atoms with van der Waals surface area (Å²) in [6.45, 7) is 4.14. The first-order valence-electron chi connectivity index (χ1n) is 6.28. The Labute approximate surface area is 112 Å². The molecule has 2 rings (SSSR count). The monoisotopic (exact) mass is 265 g/mol. The van der Waals surface area contributed by atoms with Crippen molar-refractivity contribution in [2.24, 2.45) is 5.92 Å². The average molecular weight is 265 g/mol. The first-order chi connectivity index (χ1) is 8.63. The van der Waals surface area contributed by atoms with Crippen LogP contribution in [-0.4, -0.2) is 30.4 Å². The van der Waals surface area contributed by atoms with Crippen LogP contribution in [-0.2, 0) is 0 Å². The fraction of sp³-hybridized carbons (Fsp3) is 0.500. The Hall–Kier alpha value is -1.16. The molecule has 18 heavy (non-hydrogen) atoms. The van der Waals surface area contributed by atoms with Crippen molar-refractivity contribution in [2.75, 3.05) is 24.2 Å². The number of rotatable bonds is 3. The summed E-state index contributed by atoms with van der Waals surface area (Å²) in [5.41, 5.74) is 1.33. The van der Waals surface area contributed by atoms with Gasteiger partial charge in [-0.2, -0.15) is 0 Å². The van der Waals surface area contributed by atoms with Crippen LogP contribution < -0.4 is 4.90 Å². The highest BCUT2D eigenvalue weighted by Gasteiger charge is 2.23. The molecule has 0 aliphatic carbocycles. The van der Waals surface area contributed by atoms with Crippen molar-refractivity contribution in [1.82, 2.24) is 0 Å². The molecule has 1 N–H and O–H groups in total. The Kier molecular flexibility index (Phi) is 4.17. The zero-order chi connectivity index (χ0) is 13.1. The number of carboxylic acids is 1. The fourth-order valence-corrected chi connectivity index (χ4v) is 3.19. The maximum atomic E-state index is 11.5. The minimum atomic E-state index is -0.826. The van der Waals surface area contributed by atoms with E-state index in [1.807, 2.05) is 24.5 Å². The van der Waals surface area contributed by atoms with Crippen LogP contribution in [0.15, 0.2) is 23.1 Å². The van der Waals surface area contributed by atoms with Gasteiger partial charge >= 0.3 is 5.97 Å². The molecule has 0 radical (unpaired) electrons. The summed E-state index contributed by atoms with van der Waals surface area (Å²) in [7, 11) is 0. The summed E-state index contributed by atoms with van der Waals surface area (Å²) >= 11 is 1.50. The van der Waals surface area contributed by atoms with Crippen molar-refractivity contribution in [2.45, 2.75) is 24.7 Å². The van der Waals surface area contributed by atoms with Crippen molar-refractivity contribution in [3.8, 4) is 0 Å². The first kappa shape index (κ1) is 13.3. The molecule has 1 atom stereocenters. The van der Waals surface area contributed by atoms with Crippen LogP contribution in [0, 0.1) is 5.92 Å². The molecular formula is C14H19NO2S. The lowest BCUT2D eigenvalue weighted by Gasteiger charge is -2.34. The zero-order valence-electron chi connectivity index (χ0n) is 10.8. The van der Waals surface area contributed by atoms with E-state index < -0.39 is 5.97 Å². The summed E-state index contributed by atoms with van der Waals surface area (Å²) in [4.78, 5) is 14.6. The van der Waals surface area contributed by atoms with Gasteiger partial charge in [0.15, 0.2) is 0 Å². The van der Waals surface area contributed by atoms with Gasteiger partial charge in [0.05, 0.1) is 11.3 Å². The van der Waals surface area contributed by atoms with E-state index in [0.29, 0.717) is 11.5 Å². The van der Waals surface area contributed by atoms with Gasteiger partial charge in [-0.3, -0.25) is 0 Å². The molecule has 98 valence electrons. The lowest BCUT2D eigenvalue weighted by atomic mass is 9.99. The molecule has 0 saturated carbocycles. The number of benzene rings is 1. The highest BCUT2D eigenvalue weighted by atomic mass is 32.2. The van der Waals surface area contributed by atoms with Gasteiger partial charge in [-0.25, -0.2) is 4.79 Å². The van der Waals surface area contributed by atoms with Crippen molar-refractivity contribution >= 4 is 23.4 Å². The lowest BCUT2D eigenvalue weighted by molar-refractivity contribution is 0.0693. The molecule has 1 aliphatic heterocycles. The minimum Gasteiger partial charge on any atom is -0.478 e. The molecule has 0 aromatic heterocycles. The van der Waals surface area contributed by atoms with Gasteiger partial charge < -0.3 is 10.0 Å². The Morgan fingerprint density at radius 2 is 2.28 bits per heavy atom. The third-order valence-corrected chi connectivity index (χ3v) is 4.22. The number of hydrogen-bond donors (Lipinski definition) is 1. The SMILES string of the molecule is CSc1cccc(N2CCCC(C)C2)c1C(=O)O. The van der Waals surface area contributed by atoms with Crippen molar-refractivity contribution in [3.05, 3.63) is 23.8 Å². The largest absolute Gasteiger partial charge is 0.478 e. The predicted molar refractivity (Wildman–Crippen MR) is 75.8 cm³/mol. The molecule has 1 aliphatic rings. The fourth-order valence-electron chi connectivity index (χ4n) is 2.58. The van der Waals surface area contributed by atoms with Crippen molar-refractivity contribution in [3.63, 3.8) is 0 Å². The Balaban J connectivity index is 2.40. The van der Waals surface area contributed by atoms with Gasteiger partial charge in [0, 0.05) is 18.0 Å². The second-order valence-corrected chi connectivity index (χ2v) is 5.70. The maximum absolute atomic E-state index is 11.5. The third-order valence-electron chi connectivity index (χ3n) is 3.44. The lowest BCUT2D eigenvalue weighted by Crippen LogP contribution is -2.35. The van der Waals surface area contributed by atoms with Crippen LogP contribution in [0.25, 0.3) is 0 Å². The van der Waals surface area contributed by atoms with Gasteiger partial charge in [0.1, 0.15) is 0 Å². The highest BCUT2D eigenvalue weighted by Crippen LogP contribution is 2.32. The molecule has 1 aromatic carbocycles. The molecule has 4 heteroatoms. The zero-order valence-corrected chi connectivity index (χ0v) is 11.7. The molecule has 1 unspecified atom stereocenters. The van der Waals surface area contributed by atoms with E-state index in [-0.39, 0.29) is 0 Å². The van der Waals surface area contributed by atoms with Gasteiger partial charge in [-0.1, -0.05) is 13.0 Å². The predicted octanol–water partition coefficient (Wildman–Crippen LogP) is 3.34. The number of carboxylic acid groups (broad SMARTS) is 1. The number of piperidine rings is 1. The van der Waals surface area contributed by atoms with Crippen LogP contribution in [0.3, 0.4) is 0 Å². The normalized spacial score (nSPS) is 19.9. The molecule has 1 aromatic rings. The summed E-state index contributed by atoms with van der Waals surface area (Å²) < 4.78 is 0. The second kappa shape index (κ2) is 5.65. The van der Waals surface area contributed by atoms with E-state index in [4.69, 9.17) is 0 Å². The van der Waals surface area contributed by atoms with Gasteiger partial charge in [-0.15, -0.1) is 11.8 Å². The van der Waals surface area contributed by atoms with Gasteiger partial charge in [0.2, 0.25) is 0 Å². The highest BCUT2D eigenvalue weighted by molar-refractivity contribution is 7.98. The number of anilines is 1. The number of nitrogens with zero attached hydrogens (tertiary/aromatic N) is 1. The van der Waals surface area contributed by atoms with Crippen LogP contribution in [0.4, 0.5) is 5.69 Å². The van der Waals surface area contributed by atoms with Crippen LogP contribution >= 0.6 is 11.8 Å². The van der Waals surface area contributed by atoms with Crippen molar-refractivity contribution < 1.29 is 9.90 Å². The Bertz CT molecular complexity index is 447. The molecule has 1 saturated heterocycles. The molecule has 1 heterocycles. The summed E-state index contributed by atoms with van der Waals surface area (Å²) in [6, 6.07) is 5.76. The minimum absolute atomic E-state index is 0.458. The van der Waals surface area contributed by atoms with Gasteiger partial charge in [0.25, 0.3) is 0 Å². The third kappa shape index (κ3) is 2.64. The summed E-state index contributed by atoms with van der Waals surface area (Å²) in [5.74, 6) is -0.188. The number of carbonyl (C=O) groups is 1. The van der Waals surface area contributed by atoms with E-state index in [1.165, 1.54) is 18.2 Å².